The summed E-state index contributed by atoms with van der Waals surface area (Å²) in [4.78, 5) is 14.2. The highest BCUT2D eigenvalue weighted by Gasteiger charge is 2.30. The first-order valence-corrected chi connectivity index (χ1v) is 6.08. The molecule has 1 aliphatic heterocycles. The number of ether oxygens (including phenoxy) is 1. The van der Waals surface area contributed by atoms with Gasteiger partial charge in [0.15, 0.2) is 0 Å². The summed E-state index contributed by atoms with van der Waals surface area (Å²) in [5.41, 5.74) is 5.62. The molecule has 0 saturated carbocycles. The van der Waals surface area contributed by atoms with Gasteiger partial charge in [-0.05, 0) is 26.2 Å². The molecule has 1 saturated heterocycles. The number of rotatable bonds is 5. The maximum atomic E-state index is 11.9. The molecule has 1 aliphatic rings. The van der Waals surface area contributed by atoms with Gasteiger partial charge in [-0.1, -0.05) is 12.2 Å². The maximum absolute atomic E-state index is 11.9. The number of nitrogens with two attached hydrogens (primary N) is 1. The van der Waals surface area contributed by atoms with Crippen LogP contribution in [0.2, 0.25) is 0 Å². The van der Waals surface area contributed by atoms with Gasteiger partial charge in [0.25, 0.3) is 0 Å². The fourth-order valence-corrected chi connectivity index (χ4v) is 2.19. The Balaban J connectivity index is 2.44. The van der Waals surface area contributed by atoms with Gasteiger partial charge in [0.05, 0.1) is 17.1 Å². The second kappa shape index (κ2) is 6.15. The Hall–Kier alpha value is -0.680. The van der Waals surface area contributed by atoms with E-state index in [0.29, 0.717) is 11.4 Å². The van der Waals surface area contributed by atoms with Crippen LogP contribution < -0.4 is 5.73 Å². The molecule has 2 atom stereocenters. The lowest BCUT2D eigenvalue weighted by molar-refractivity contribution is -0.131. The van der Waals surface area contributed by atoms with Crippen molar-refractivity contribution in [2.24, 2.45) is 5.73 Å². The molecule has 1 rings (SSSR count). The number of nitrogens with zero attached hydrogens (tertiary/aromatic N) is 1. The molecule has 0 aromatic heterocycles. The standard InChI is InChI=1S/C11H20N2O2S/c1-8(15-2)5-6-10(14)13-7-3-4-9(13)11(12)16/h8-9H,3-7H2,1-2H3,(H2,12,16). The number of hydrogen-bond donors (Lipinski definition) is 1. The first-order valence-electron chi connectivity index (χ1n) is 5.67. The molecule has 2 N–H and O–H groups in total. The van der Waals surface area contributed by atoms with Crippen LogP contribution in [0.3, 0.4) is 0 Å². The summed E-state index contributed by atoms with van der Waals surface area (Å²) in [6, 6.07) is -0.0275. The average Bonchev–Trinajstić information content (AvgIpc) is 2.74. The maximum Gasteiger partial charge on any atom is 0.223 e. The number of methoxy groups -OCH3 is 1. The third-order valence-corrected chi connectivity index (χ3v) is 3.34. The van der Waals surface area contributed by atoms with Crippen molar-refractivity contribution < 1.29 is 9.53 Å². The van der Waals surface area contributed by atoms with E-state index < -0.39 is 0 Å². The number of amides is 1. The Kier molecular flexibility index (Phi) is 5.15. The molecule has 2 unspecified atom stereocenters. The van der Waals surface area contributed by atoms with E-state index in [1.807, 2.05) is 11.8 Å². The highest BCUT2D eigenvalue weighted by atomic mass is 32.1. The summed E-state index contributed by atoms with van der Waals surface area (Å²) in [7, 11) is 1.66. The van der Waals surface area contributed by atoms with E-state index in [1.54, 1.807) is 7.11 Å². The van der Waals surface area contributed by atoms with E-state index in [-0.39, 0.29) is 18.1 Å². The zero-order chi connectivity index (χ0) is 12.1. The van der Waals surface area contributed by atoms with Crippen LogP contribution in [0.15, 0.2) is 0 Å². The van der Waals surface area contributed by atoms with E-state index in [9.17, 15) is 4.79 Å². The first-order chi connectivity index (χ1) is 7.56. The third kappa shape index (κ3) is 3.42. The predicted octanol–water partition coefficient (Wildman–Crippen LogP) is 1.08. The number of likely N-dealkylation sites (tertiary alicyclic amines) is 1. The van der Waals surface area contributed by atoms with Crippen molar-refractivity contribution in [2.45, 2.75) is 44.8 Å². The largest absolute Gasteiger partial charge is 0.392 e. The van der Waals surface area contributed by atoms with Crippen molar-refractivity contribution >= 4 is 23.1 Å². The van der Waals surface area contributed by atoms with Crippen LogP contribution in [-0.4, -0.2) is 41.6 Å². The predicted molar refractivity (Wildman–Crippen MR) is 67.2 cm³/mol. The fraction of sp³-hybridized carbons (Fsp3) is 0.818. The second-order valence-corrected chi connectivity index (χ2v) is 4.70. The number of thiocarbonyl (C=S) groups is 1. The van der Waals surface area contributed by atoms with Gasteiger partial charge in [0.2, 0.25) is 5.91 Å². The van der Waals surface area contributed by atoms with Crippen LogP contribution >= 0.6 is 12.2 Å². The van der Waals surface area contributed by atoms with Crippen molar-refractivity contribution in [3.63, 3.8) is 0 Å². The van der Waals surface area contributed by atoms with E-state index in [0.717, 1.165) is 25.8 Å². The van der Waals surface area contributed by atoms with Gasteiger partial charge in [-0.25, -0.2) is 0 Å². The van der Waals surface area contributed by atoms with E-state index in [1.165, 1.54) is 0 Å². The monoisotopic (exact) mass is 244 g/mol. The summed E-state index contributed by atoms with van der Waals surface area (Å²) in [5.74, 6) is 0.138. The lowest BCUT2D eigenvalue weighted by Gasteiger charge is -2.24. The molecular formula is C11H20N2O2S. The van der Waals surface area contributed by atoms with E-state index >= 15 is 0 Å². The lowest BCUT2D eigenvalue weighted by Crippen LogP contribution is -2.42. The van der Waals surface area contributed by atoms with Gasteiger partial charge < -0.3 is 15.4 Å². The second-order valence-electron chi connectivity index (χ2n) is 4.23. The molecule has 92 valence electrons. The van der Waals surface area contributed by atoms with Crippen molar-refractivity contribution in [1.82, 2.24) is 4.90 Å². The molecule has 16 heavy (non-hydrogen) atoms. The van der Waals surface area contributed by atoms with Gasteiger partial charge in [-0.2, -0.15) is 0 Å². The van der Waals surface area contributed by atoms with Crippen LogP contribution in [0.25, 0.3) is 0 Å². The van der Waals surface area contributed by atoms with Crippen LogP contribution in [0.4, 0.5) is 0 Å². The molecule has 0 bridgehead atoms. The molecule has 5 heteroatoms. The summed E-state index contributed by atoms with van der Waals surface area (Å²) in [6.07, 6.45) is 3.27. The summed E-state index contributed by atoms with van der Waals surface area (Å²) < 4.78 is 5.12. The number of hydrogen-bond acceptors (Lipinski definition) is 3. The minimum atomic E-state index is -0.0275. The van der Waals surface area contributed by atoms with Crippen molar-refractivity contribution in [3.05, 3.63) is 0 Å². The normalized spacial score (nSPS) is 22.1. The van der Waals surface area contributed by atoms with Crippen LogP contribution in [0.5, 0.6) is 0 Å². The van der Waals surface area contributed by atoms with Crippen molar-refractivity contribution in [1.29, 1.82) is 0 Å². The van der Waals surface area contributed by atoms with Gasteiger partial charge in [-0.15, -0.1) is 0 Å². The molecular weight excluding hydrogens is 224 g/mol. The highest BCUT2D eigenvalue weighted by molar-refractivity contribution is 7.80. The Morgan fingerprint density at radius 2 is 2.38 bits per heavy atom. The van der Waals surface area contributed by atoms with E-state index in [2.05, 4.69) is 0 Å². The highest BCUT2D eigenvalue weighted by Crippen LogP contribution is 2.19. The van der Waals surface area contributed by atoms with Crippen LogP contribution in [-0.2, 0) is 9.53 Å². The Bertz CT molecular complexity index is 271. The fourth-order valence-electron chi connectivity index (χ4n) is 1.95. The molecule has 0 aromatic carbocycles. The topological polar surface area (TPSA) is 55.6 Å². The molecule has 0 aliphatic carbocycles. The molecule has 1 fully saturated rings. The first kappa shape index (κ1) is 13.4. The number of carbonyl (C=O) groups is 1. The summed E-state index contributed by atoms with van der Waals surface area (Å²) in [6.45, 7) is 2.74. The third-order valence-electron chi connectivity index (χ3n) is 3.07. The number of carbonyl (C=O) groups excluding carboxylic acids is 1. The molecule has 0 spiro atoms. The van der Waals surface area contributed by atoms with Crippen molar-refractivity contribution in [2.75, 3.05) is 13.7 Å². The zero-order valence-corrected chi connectivity index (χ0v) is 10.8. The smallest absolute Gasteiger partial charge is 0.223 e. The Labute approximate surface area is 102 Å². The Morgan fingerprint density at radius 1 is 1.69 bits per heavy atom. The lowest BCUT2D eigenvalue weighted by atomic mass is 10.2. The average molecular weight is 244 g/mol. The van der Waals surface area contributed by atoms with Gasteiger partial charge in [0, 0.05) is 20.1 Å². The van der Waals surface area contributed by atoms with Gasteiger partial charge in [0.1, 0.15) is 0 Å². The minimum Gasteiger partial charge on any atom is -0.392 e. The minimum absolute atomic E-state index is 0.0275. The summed E-state index contributed by atoms with van der Waals surface area (Å²) in [5, 5.41) is 0. The molecule has 0 radical (unpaired) electrons. The van der Waals surface area contributed by atoms with Gasteiger partial charge in [-0.3, -0.25) is 4.79 Å². The Morgan fingerprint density at radius 3 is 2.94 bits per heavy atom. The molecule has 1 amide bonds. The molecule has 0 aromatic rings. The molecule has 1 heterocycles. The van der Waals surface area contributed by atoms with Crippen LogP contribution in [0.1, 0.15) is 32.6 Å². The quantitative estimate of drug-likeness (QED) is 0.735. The SMILES string of the molecule is COC(C)CCC(=O)N1CCCC1C(N)=S. The van der Waals surface area contributed by atoms with Crippen LogP contribution in [0, 0.1) is 0 Å². The zero-order valence-electron chi connectivity index (χ0n) is 9.94. The van der Waals surface area contributed by atoms with E-state index in [4.69, 9.17) is 22.7 Å². The molecule has 4 nitrogen and oxygen atoms in total. The van der Waals surface area contributed by atoms with Gasteiger partial charge >= 0.3 is 0 Å². The summed E-state index contributed by atoms with van der Waals surface area (Å²) >= 11 is 4.97. The van der Waals surface area contributed by atoms with Crippen molar-refractivity contribution in [3.8, 4) is 0 Å².